The average molecular weight is 292 g/mol. The Balaban J connectivity index is 2.55. The van der Waals surface area contributed by atoms with E-state index in [1.165, 1.54) is 12.1 Å². The lowest BCUT2D eigenvalue weighted by Gasteiger charge is -2.15. The molecule has 0 fully saturated rings. The van der Waals surface area contributed by atoms with Crippen molar-refractivity contribution in [1.82, 2.24) is 4.98 Å². The van der Waals surface area contributed by atoms with Gasteiger partial charge in [0.15, 0.2) is 21.9 Å². The SMILES string of the molecule is O=Cc1ccc2c(O)c3c(c(O)c2n1)N=CCS3(=O)=O. The molecule has 0 saturated carbocycles. The van der Waals surface area contributed by atoms with Crippen molar-refractivity contribution < 1.29 is 23.4 Å². The molecule has 3 rings (SSSR count). The summed E-state index contributed by atoms with van der Waals surface area (Å²) in [5, 5.41) is 20.3. The maximum Gasteiger partial charge on any atom is 0.189 e. The van der Waals surface area contributed by atoms with Crippen LogP contribution < -0.4 is 0 Å². The molecule has 1 aliphatic rings. The Hall–Kier alpha value is -2.48. The first-order valence-corrected chi connectivity index (χ1v) is 7.20. The highest BCUT2D eigenvalue weighted by molar-refractivity contribution is 7.92. The molecule has 102 valence electrons. The lowest BCUT2D eigenvalue weighted by Crippen LogP contribution is -2.12. The number of carbonyl (C=O) groups is 1. The molecule has 0 amide bonds. The monoisotopic (exact) mass is 292 g/mol. The Morgan fingerprint density at radius 1 is 1.20 bits per heavy atom. The average Bonchev–Trinajstić information content (AvgIpc) is 2.43. The number of phenolic OH excluding ortho intramolecular Hbond substituents is 2. The van der Waals surface area contributed by atoms with E-state index in [1.807, 2.05) is 0 Å². The predicted molar refractivity (Wildman–Crippen MR) is 70.7 cm³/mol. The van der Waals surface area contributed by atoms with Crippen LogP contribution in [0.2, 0.25) is 0 Å². The van der Waals surface area contributed by atoms with Gasteiger partial charge in [-0.1, -0.05) is 0 Å². The van der Waals surface area contributed by atoms with Crippen LogP contribution in [0.15, 0.2) is 22.0 Å². The summed E-state index contributed by atoms with van der Waals surface area (Å²) < 4.78 is 23.9. The number of aromatic hydroxyl groups is 2. The van der Waals surface area contributed by atoms with Crippen molar-refractivity contribution in [2.24, 2.45) is 4.99 Å². The molecule has 0 saturated heterocycles. The number of benzene rings is 1. The van der Waals surface area contributed by atoms with Gasteiger partial charge in [0.1, 0.15) is 27.5 Å². The van der Waals surface area contributed by atoms with Crippen LogP contribution in [0.1, 0.15) is 10.5 Å². The van der Waals surface area contributed by atoms with Crippen molar-refractivity contribution in [3.05, 3.63) is 17.8 Å². The molecule has 2 heterocycles. The van der Waals surface area contributed by atoms with E-state index in [9.17, 15) is 23.4 Å². The van der Waals surface area contributed by atoms with Crippen LogP contribution in [0.25, 0.3) is 10.9 Å². The second-order valence-electron chi connectivity index (χ2n) is 4.22. The van der Waals surface area contributed by atoms with Crippen LogP contribution >= 0.6 is 0 Å². The zero-order valence-electron chi connectivity index (χ0n) is 9.94. The minimum absolute atomic E-state index is 0.0486. The number of carbonyl (C=O) groups excluding carboxylic acids is 1. The van der Waals surface area contributed by atoms with Gasteiger partial charge in [0.25, 0.3) is 0 Å². The molecule has 0 aliphatic carbocycles. The van der Waals surface area contributed by atoms with Crippen LogP contribution in [0, 0.1) is 0 Å². The van der Waals surface area contributed by atoms with Crippen molar-refractivity contribution in [1.29, 1.82) is 0 Å². The topological polar surface area (TPSA) is 117 Å². The van der Waals surface area contributed by atoms with Crippen LogP contribution in [0.3, 0.4) is 0 Å². The lowest BCUT2D eigenvalue weighted by atomic mass is 10.1. The Kier molecular flexibility index (Phi) is 2.51. The maximum absolute atomic E-state index is 12.0. The highest BCUT2D eigenvalue weighted by atomic mass is 32.2. The largest absolute Gasteiger partial charge is 0.506 e. The third-order valence-corrected chi connectivity index (χ3v) is 4.59. The minimum atomic E-state index is -3.76. The molecular formula is C12H8N2O5S. The van der Waals surface area contributed by atoms with E-state index in [2.05, 4.69) is 9.98 Å². The van der Waals surface area contributed by atoms with Gasteiger partial charge >= 0.3 is 0 Å². The zero-order chi connectivity index (χ0) is 14.5. The maximum atomic E-state index is 12.0. The third-order valence-electron chi connectivity index (χ3n) is 3.00. The Morgan fingerprint density at radius 3 is 2.65 bits per heavy atom. The van der Waals surface area contributed by atoms with E-state index >= 15 is 0 Å². The second-order valence-corrected chi connectivity index (χ2v) is 6.19. The van der Waals surface area contributed by atoms with Crippen molar-refractivity contribution >= 4 is 38.9 Å². The van der Waals surface area contributed by atoms with Crippen LogP contribution in [-0.2, 0) is 9.84 Å². The van der Waals surface area contributed by atoms with Gasteiger partial charge in [-0.3, -0.25) is 9.79 Å². The number of fused-ring (bicyclic) bond motifs is 2. The van der Waals surface area contributed by atoms with Gasteiger partial charge in [-0.05, 0) is 12.1 Å². The van der Waals surface area contributed by atoms with E-state index in [0.717, 1.165) is 6.21 Å². The molecule has 0 radical (unpaired) electrons. The van der Waals surface area contributed by atoms with E-state index in [-0.39, 0.29) is 28.0 Å². The number of nitrogens with zero attached hydrogens (tertiary/aromatic N) is 2. The number of hydrogen-bond donors (Lipinski definition) is 2. The highest BCUT2D eigenvalue weighted by Crippen LogP contribution is 2.47. The van der Waals surface area contributed by atoms with Gasteiger partial charge in [0.2, 0.25) is 0 Å². The fraction of sp³-hybridized carbons (Fsp3) is 0.0833. The van der Waals surface area contributed by atoms with Crippen LogP contribution in [-0.4, -0.2) is 41.9 Å². The van der Waals surface area contributed by atoms with Crippen molar-refractivity contribution in [2.75, 3.05) is 5.75 Å². The number of rotatable bonds is 1. The summed E-state index contributed by atoms with van der Waals surface area (Å²) in [6.45, 7) is 0. The first-order valence-electron chi connectivity index (χ1n) is 5.55. The van der Waals surface area contributed by atoms with E-state index < -0.39 is 26.2 Å². The number of phenols is 2. The predicted octanol–water partition coefficient (Wildman–Crippen LogP) is 0.948. The van der Waals surface area contributed by atoms with Gasteiger partial charge in [-0.2, -0.15) is 0 Å². The molecule has 8 heteroatoms. The molecule has 2 aromatic rings. The van der Waals surface area contributed by atoms with E-state index in [1.54, 1.807) is 0 Å². The first kappa shape index (κ1) is 12.5. The lowest BCUT2D eigenvalue weighted by molar-refractivity contribution is 0.111. The van der Waals surface area contributed by atoms with E-state index in [4.69, 9.17) is 0 Å². The number of aldehydes is 1. The molecule has 0 atom stereocenters. The number of aromatic nitrogens is 1. The second kappa shape index (κ2) is 4.01. The molecule has 0 spiro atoms. The summed E-state index contributed by atoms with van der Waals surface area (Å²) in [6.07, 6.45) is 1.61. The number of pyridine rings is 1. The van der Waals surface area contributed by atoms with E-state index in [0.29, 0.717) is 6.29 Å². The summed E-state index contributed by atoms with van der Waals surface area (Å²) in [6, 6.07) is 2.65. The normalized spacial score (nSPS) is 16.0. The quantitative estimate of drug-likeness (QED) is 0.597. The van der Waals surface area contributed by atoms with Crippen molar-refractivity contribution in [3.63, 3.8) is 0 Å². The molecule has 0 unspecified atom stereocenters. The van der Waals surface area contributed by atoms with Crippen LogP contribution in [0.4, 0.5) is 5.69 Å². The Morgan fingerprint density at radius 2 is 1.95 bits per heavy atom. The van der Waals surface area contributed by atoms with Gasteiger partial charge < -0.3 is 10.2 Å². The van der Waals surface area contributed by atoms with Gasteiger partial charge in [0, 0.05) is 11.6 Å². The number of aliphatic imine (C=N–C) groups is 1. The standard InChI is InChI=1S/C12H8N2O5S/c15-5-6-1-2-7-8(14-6)11(17)9-12(10(7)16)20(18,19)4-3-13-9/h1-3,5,16-17H,4H2. The summed E-state index contributed by atoms with van der Waals surface area (Å²) in [4.78, 5) is 18.0. The van der Waals surface area contributed by atoms with Crippen molar-refractivity contribution in [3.8, 4) is 11.5 Å². The van der Waals surface area contributed by atoms with Gasteiger partial charge in [-0.25, -0.2) is 13.4 Å². The first-order chi connectivity index (χ1) is 9.45. The molecule has 7 nitrogen and oxygen atoms in total. The molecule has 1 aliphatic heterocycles. The molecule has 2 N–H and O–H groups in total. The smallest absolute Gasteiger partial charge is 0.189 e. The van der Waals surface area contributed by atoms with Gasteiger partial charge in [0.05, 0.1) is 5.75 Å². The minimum Gasteiger partial charge on any atom is -0.506 e. The third kappa shape index (κ3) is 1.58. The van der Waals surface area contributed by atoms with Crippen LogP contribution in [0.5, 0.6) is 11.5 Å². The molecular weight excluding hydrogens is 284 g/mol. The summed E-state index contributed by atoms with van der Waals surface area (Å²) in [5.41, 5.74) is -0.272. The number of sulfone groups is 1. The van der Waals surface area contributed by atoms with Crippen molar-refractivity contribution in [2.45, 2.75) is 4.90 Å². The van der Waals surface area contributed by atoms with Gasteiger partial charge in [-0.15, -0.1) is 0 Å². The fourth-order valence-electron chi connectivity index (χ4n) is 2.09. The molecule has 1 aromatic carbocycles. The number of hydrogen-bond acceptors (Lipinski definition) is 7. The Bertz CT molecular complexity index is 887. The molecule has 0 bridgehead atoms. The fourth-order valence-corrected chi connectivity index (χ4v) is 3.38. The highest BCUT2D eigenvalue weighted by Gasteiger charge is 2.31. The molecule has 20 heavy (non-hydrogen) atoms. The molecule has 1 aromatic heterocycles. The zero-order valence-corrected chi connectivity index (χ0v) is 10.8. The summed E-state index contributed by atoms with van der Waals surface area (Å²) >= 11 is 0. The summed E-state index contributed by atoms with van der Waals surface area (Å²) in [5.74, 6) is -1.34. The Labute approximate surface area is 113 Å². The summed E-state index contributed by atoms with van der Waals surface area (Å²) in [7, 11) is -3.76.